The summed E-state index contributed by atoms with van der Waals surface area (Å²) in [6.45, 7) is 3.80. The van der Waals surface area contributed by atoms with E-state index in [-0.39, 0.29) is 11.6 Å². The molecule has 0 aliphatic carbocycles. The minimum Gasteiger partial charge on any atom is -0.454 e. The SMILES string of the molecule is CCC(O)c1ccc(Oc2cc(C)ccc2F)cc1. The third-order valence-corrected chi connectivity index (χ3v) is 2.97. The van der Waals surface area contributed by atoms with E-state index in [1.165, 1.54) is 6.07 Å². The normalized spacial score (nSPS) is 12.2. The summed E-state index contributed by atoms with van der Waals surface area (Å²) in [5, 5.41) is 9.69. The number of aliphatic hydroxyl groups excluding tert-OH is 1. The quantitative estimate of drug-likeness (QED) is 0.884. The van der Waals surface area contributed by atoms with Crippen LogP contribution in [0.5, 0.6) is 11.5 Å². The van der Waals surface area contributed by atoms with Gasteiger partial charge in [-0.05, 0) is 48.7 Å². The summed E-state index contributed by atoms with van der Waals surface area (Å²) in [6, 6.07) is 11.8. The average Bonchev–Trinajstić information content (AvgIpc) is 2.43. The number of benzene rings is 2. The van der Waals surface area contributed by atoms with Crippen LogP contribution in [0, 0.1) is 12.7 Å². The first-order valence-electron chi connectivity index (χ1n) is 6.32. The molecule has 1 N–H and O–H groups in total. The van der Waals surface area contributed by atoms with E-state index >= 15 is 0 Å². The molecule has 0 spiro atoms. The predicted molar refractivity (Wildman–Crippen MR) is 72.9 cm³/mol. The highest BCUT2D eigenvalue weighted by Crippen LogP contribution is 2.27. The zero-order chi connectivity index (χ0) is 13.8. The monoisotopic (exact) mass is 260 g/mol. The van der Waals surface area contributed by atoms with Gasteiger partial charge in [-0.3, -0.25) is 0 Å². The molecule has 2 nitrogen and oxygen atoms in total. The molecule has 2 rings (SSSR count). The third kappa shape index (κ3) is 3.32. The van der Waals surface area contributed by atoms with Gasteiger partial charge in [-0.1, -0.05) is 25.1 Å². The van der Waals surface area contributed by atoms with Crippen LogP contribution >= 0.6 is 0 Å². The number of halogens is 1. The smallest absolute Gasteiger partial charge is 0.165 e. The molecule has 0 heterocycles. The number of hydrogen-bond donors (Lipinski definition) is 1. The van der Waals surface area contributed by atoms with Crippen LogP contribution in [0.15, 0.2) is 42.5 Å². The Balaban J connectivity index is 2.17. The Morgan fingerprint density at radius 1 is 1.16 bits per heavy atom. The standard InChI is InChI=1S/C16H17FO2/c1-3-15(18)12-5-7-13(8-6-12)19-16-10-11(2)4-9-14(16)17/h4-10,15,18H,3H2,1-2H3. The van der Waals surface area contributed by atoms with Crippen molar-refractivity contribution < 1.29 is 14.2 Å². The Labute approximate surface area is 112 Å². The Hall–Kier alpha value is -1.87. The van der Waals surface area contributed by atoms with Gasteiger partial charge in [0.25, 0.3) is 0 Å². The van der Waals surface area contributed by atoms with Crippen molar-refractivity contribution >= 4 is 0 Å². The minimum atomic E-state index is -0.468. The molecule has 3 heteroatoms. The zero-order valence-corrected chi connectivity index (χ0v) is 11.1. The lowest BCUT2D eigenvalue weighted by Crippen LogP contribution is -1.95. The molecular weight excluding hydrogens is 243 g/mol. The summed E-state index contributed by atoms with van der Waals surface area (Å²) >= 11 is 0. The van der Waals surface area contributed by atoms with E-state index < -0.39 is 6.10 Å². The molecule has 0 aliphatic rings. The van der Waals surface area contributed by atoms with Crippen LogP contribution in [0.25, 0.3) is 0 Å². The maximum absolute atomic E-state index is 13.6. The lowest BCUT2D eigenvalue weighted by atomic mass is 10.1. The van der Waals surface area contributed by atoms with Gasteiger partial charge in [-0.2, -0.15) is 0 Å². The van der Waals surface area contributed by atoms with Gasteiger partial charge in [0.05, 0.1) is 6.10 Å². The zero-order valence-electron chi connectivity index (χ0n) is 11.1. The molecule has 0 bridgehead atoms. The van der Waals surface area contributed by atoms with Gasteiger partial charge >= 0.3 is 0 Å². The number of rotatable bonds is 4. The van der Waals surface area contributed by atoms with Crippen molar-refractivity contribution in [2.24, 2.45) is 0 Å². The molecular formula is C16H17FO2. The first kappa shape index (κ1) is 13.6. The third-order valence-electron chi connectivity index (χ3n) is 2.97. The molecule has 2 aromatic carbocycles. The molecule has 0 radical (unpaired) electrons. The van der Waals surface area contributed by atoms with E-state index in [2.05, 4.69) is 0 Å². The average molecular weight is 260 g/mol. The number of aliphatic hydroxyl groups is 1. The van der Waals surface area contributed by atoms with Crippen LogP contribution < -0.4 is 4.74 Å². The highest BCUT2D eigenvalue weighted by atomic mass is 19.1. The van der Waals surface area contributed by atoms with Crippen LogP contribution in [0.1, 0.15) is 30.6 Å². The van der Waals surface area contributed by atoms with Gasteiger partial charge in [-0.15, -0.1) is 0 Å². The topological polar surface area (TPSA) is 29.5 Å². The van der Waals surface area contributed by atoms with E-state index in [9.17, 15) is 9.50 Å². The lowest BCUT2D eigenvalue weighted by molar-refractivity contribution is 0.173. The highest BCUT2D eigenvalue weighted by molar-refractivity contribution is 5.36. The number of hydrogen-bond acceptors (Lipinski definition) is 2. The minimum absolute atomic E-state index is 0.212. The number of ether oxygens (including phenoxy) is 1. The molecule has 0 saturated carbocycles. The van der Waals surface area contributed by atoms with Crippen LogP contribution in [0.3, 0.4) is 0 Å². The molecule has 19 heavy (non-hydrogen) atoms. The van der Waals surface area contributed by atoms with Gasteiger partial charge in [0, 0.05) is 0 Å². The van der Waals surface area contributed by atoms with Crippen molar-refractivity contribution in [3.63, 3.8) is 0 Å². The molecule has 2 aromatic rings. The molecule has 0 aliphatic heterocycles. The van der Waals surface area contributed by atoms with Gasteiger partial charge < -0.3 is 9.84 Å². The van der Waals surface area contributed by atoms with E-state index in [0.29, 0.717) is 12.2 Å². The van der Waals surface area contributed by atoms with Crippen molar-refractivity contribution in [3.8, 4) is 11.5 Å². The largest absolute Gasteiger partial charge is 0.454 e. The second-order valence-corrected chi connectivity index (χ2v) is 4.53. The summed E-state index contributed by atoms with van der Waals surface area (Å²) in [4.78, 5) is 0. The van der Waals surface area contributed by atoms with E-state index in [4.69, 9.17) is 4.74 Å². The maximum Gasteiger partial charge on any atom is 0.165 e. The molecule has 1 atom stereocenters. The summed E-state index contributed by atoms with van der Waals surface area (Å²) in [7, 11) is 0. The van der Waals surface area contributed by atoms with Crippen molar-refractivity contribution in [1.82, 2.24) is 0 Å². The number of aryl methyl sites for hydroxylation is 1. The predicted octanol–water partition coefficient (Wildman–Crippen LogP) is 4.37. The molecule has 0 aromatic heterocycles. The molecule has 0 saturated heterocycles. The maximum atomic E-state index is 13.6. The fraction of sp³-hybridized carbons (Fsp3) is 0.250. The van der Waals surface area contributed by atoms with Gasteiger partial charge in [-0.25, -0.2) is 4.39 Å². The van der Waals surface area contributed by atoms with E-state index in [1.807, 2.05) is 13.8 Å². The van der Waals surface area contributed by atoms with E-state index in [1.54, 1.807) is 36.4 Å². The van der Waals surface area contributed by atoms with Crippen molar-refractivity contribution in [2.45, 2.75) is 26.4 Å². The fourth-order valence-electron chi connectivity index (χ4n) is 1.81. The Morgan fingerprint density at radius 2 is 1.84 bits per heavy atom. The molecule has 0 fully saturated rings. The van der Waals surface area contributed by atoms with Gasteiger partial charge in [0.2, 0.25) is 0 Å². The Kier molecular flexibility index (Phi) is 4.17. The first-order chi connectivity index (χ1) is 9.10. The molecule has 1 unspecified atom stereocenters. The second-order valence-electron chi connectivity index (χ2n) is 4.53. The second kappa shape index (κ2) is 5.85. The lowest BCUT2D eigenvalue weighted by Gasteiger charge is -2.10. The summed E-state index contributed by atoms with van der Waals surface area (Å²) in [6.07, 6.45) is 0.192. The highest BCUT2D eigenvalue weighted by Gasteiger charge is 2.07. The molecule has 0 amide bonds. The van der Waals surface area contributed by atoms with E-state index in [0.717, 1.165) is 11.1 Å². The summed E-state index contributed by atoms with van der Waals surface area (Å²) < 4.78 is 19.1. The van der Waals surface area contributed by atoms with Gasteiger partial charge in [0.15, 0.2) is 11.6 Å². The Morgan fingerprint density at radius 3 is 2.47 bits per heavy atom. The van der Waals surface area contributed by atoms with Crippen LogP contribution in [0.2, 0.25) is 0 Å². The van der Waals surface area contributed by atoms with Crippen LogP contribution in [-0.2, 0) is 0 Å². The molecule has 100 valence electrons. The van der Waals surface area contributed by atoms with Crippen LogP contribution in [-0.4, -0.2) is 5.11 Å². The Bertz CT molecular complexity index is 549. The van der Waals surface area contributed by atoms with Crippen molar-refractivity contribution in [3.05, 3.63) is 59.4 Å². The fourth-order valence-corrected chi connectivity index (χ4v) is 1.81. The van der Waals surface area contributed by atoms with Crippen molar-refractivity contribution in [1.29, 1.82) is 0 Å². The first-order valence-corrected chi connectivity index (χ1v) is 6.32. The summed E-state index contributed by atoms with van der Waals surface area (Å²) in [5.41, 5.74) is 1.77. The van der Waals surface area contributed by atoms with Gasteiger partial charge in [0.1, 0.15) is 5.75 Å². The van der Waals surface area contributed by atoms with Crippen LogP contribution in [0.4, 0.5) is 4.39 Å². The van der Waals surface area contributed by atoms with Crippen molar-refractivity contribution in [2.75, 3.05) is 0 Å². The summed E-state index contributed by atoms with van der Waals surface area (Å²) in [5.74, 6) is 0.378.